The van der Waals surface area contributed by atoms with Crippen molar-refractivity contribution in [2.45, 2.75) is 20.0 Å². The van der Waals surface area contributed by atoms with Crippen LogP contribution in [0.25, 0.3) is 0 Å². The minimum absolute atomic E-state index is 0.0906. The molecule has 1 aromatic heterocycles. The van der Waals surface area contributed by atoms with Crippen molar-refractivity contribution in [3.05, 3.63) is 23.5 Å². The number of hydrogen-bond donors (Lipinski definition) is 0. The summed E-state index contributed by atoms with van der Waals surface area (Å²) < 4.78 is 12.6. The molecule has 1 fully saturated rings. The summed E-state index contributed by atoms with van der Waals surface area (Å²) >= 11 is 0. The highest BCUT2D eigenvalue weighted by Crippen LogP contribution is 2.11. The number of esters is 1. The van der Waals surface area contributed by atoms with Gasteiger partial charge in [0.25, 0.3) is 0 Å². The first-order chi connectivity index (χ1) is 10.5. The Kier molecular flexibility index (Phi) is 5.58. The van der Waals surface area contributed by atoms with E-state index in [9.17, 15) is 4.79 Å². The average Bonchev–Trinajstić information content (AvgIpc) is 2.86. The minimum Gasteiger partial charge on any atom is -0.458 e. The van der Waals surface area contributed by atoms with Crippen LogP contribution in [-0.4, -0.2) is 54.4 Å². The fraction of sp³-hybridized carbons (Fsp3) is 0.625. The van der Waals surface area contributed by atoms with Crippen molar-refractivity contribution in [3.63, 3.8) is 0 Å². The Labute approximate surface area is 131 Å². The van der Waals surface area contributed by atoms with Gasteiger partial charge in [-0.15, -0.1) is 0 Å². The van der Waals surface area contributed by atoms with Gasteiger partial charge >= 0.3 is 5.97 Å². The van der Waals surface area contributed by atoms with Crippen LogP contribution in [0.1, 0.15) is 29.9 Å². The van der Waals surface area contributed by atoms with E-state index < -0.39 is 5.97 Å². The number of carbonyl (C=O) groups is 1. The van der Waals surface area contributed by atoms with E-state index in [4.69, 9.17) is 14.7 Å². The normalized spacial score (nSPS) is 19.1. The van der Waals surface area contributed by atoms with Gasteiger partial charge in [-0.25, -0.2) is 4.79 Å². The lowest BCUT2D eigenvalue weighted by atomic mass is 10.2. The molecule has 1 saturated heterocycles. The molecule has 1 aliphatic rings. The van der Waals surface area contributed by atoms with Gasteiger partial charge in [0.2, 0.25) is 0 Å². The molecule has 22 heavy (non-hydrogen) atoms. The summed E-state index contributed by atoms with van der Waals surface area (Å²) in [6, 6.07) is 3.55. The summed E-state index contributed by atoms with van der Waals surface area (Å²) in [4.78, 5) is 14.4. The number of aromatic nitrogens is 1. The Morgan fingerprint density at radius 2 is 2.36 bits per heavy atom. The molecule has 2 heterocycles. The van der Waals surface area contributed by atoms with Crippen molar-refractivity contribution in [3.8, 4) is 6.07 Å². The smallest absolute Gasteiger partial charge is 0.355 e. The molecule has 0 amide bonds. The van der Waals surface area contributed by atoms with Crippen LogP contribution in [0.15, 0.2) is 12.3 Å². The van der Waals surface area contributed by atoms with Gasteiger partial charge in [0.1, 0.15) is 24.5 Å². The zero-order chi connectivity index (χ0) is 16.1. The highest BCUT2D eigenvalue weighted by molar-refractivity contribution is 5.88. The minimum atomic E-state index is -0.423. The van der Waals surface area contributed by atoms with Gasteiger partial charge in [-0.2, -0.15) is 5.26 Å². The van der Waals surface area contributed by atoms with E-state index in [1.165, 1.54) is 6.07 Å². The average molecular weight is 305 g/mol. The fourth-order valence-corrected chi connectivity index (χ4v) is 2.63. The number of aryl methyl sites for hydroxylation is 1. The van der Waals surface area contributed by atoms with E-state index in [1.807, 2.05) is 6.07 Å². The summed E-state index contributed by atoms with van der Waals surface area (Å²) in [5.41, 5.74) is 0.831. The largest absolute Gasteiger partial charge is 0.458 e. The van der Waals surface area contributed by atoms with E-state index in [2.05, 4.69) is 18.7 Å². The second-order valence-electron chi connectivity index (χ2n) is 6.08. The van der Waals surface area contributed by atoms with Gasteiger partial charge < -0.3 is 14.0 Å². The molecule has 120 valence electrons. The first kappa shape index (κ1) is 16.5. The molecule has 0 radical (unpaired) electrons. The summed E-state index contributed by atoms with van der Waals surface area (Å²) in [5.74, 6) is 0.183. The number of carbonyl (C=O) groups excluding carboxylic acids is 1. The highest BCUT2D eigenvalue weighted by atomic mass is 16.6. The zero-order valence-corrected chi connectivity index (χ0v) is 13.4. The molecule has 0 saturated carbocycles. The predicted octanol–water partition coefficient (Wildman–Crippen LogP) is 1.41. The second kappa shape index (κ2) is 7.43. The zero-order valence-electron chi connectivity index (χ0n) is 13.4. The van der Waals surface area contributed by atoms with Crippen LogP contribution >= 0.6 is 0 Å². The first-order valence-electron chi connectivity index (χ1n) is 7.57. The topological polar surface area (TPSA) is 67.5 Å². The van der Waals surface area contributed by atoms with E-state index in [1.54, 1.807) is 17.8 Å². The van der Waals surface area contributed by atoms with Gasteiger partial charge in [0.05, 0.1) is 12.2 Å². The number of ether oxygens (including phenoxy) is 2. The van der Waals surface area contributed by atoms with Crippen molar-refractivity contribution in [1.82, 2.24) is 9.47 Å². The van der Waals surface area contributed by atoms with Crippen LogP contribution in [0.3, 0.4) is 0 Å². The molecule has 0 aliphatic carbocycles. The Balaban J connectivity index is 1.85. The first-order valence-corrected chi connectivity index (χ1v) is 7.57. The van der Waals surface area contributed by atoms with Gasteiger partial charge in [-0.05, 0) is 12.0 Å². The summed E-state index contributed by atoms with van der Waals surface area (Å²) in [5, 5.41) is 8.85. The predicted molar refractivity (Wildman–Crippen MR) is 81.4 cm³/mol. The lowest BCUT2D eigenvalue weighted by molar-refractivity contribution is -0.0614. The highest BCUT2D eigenvalue weighted by Gasteiger charge is 2.23. The fourth-order valence-electron chi connectivity index (χ4n) is 2.63. The van der Waals surface area contributed by atoms with Crippen LogP contribution in [0.2, 0.25) is 0 Å². The van der Waals surface area contributed by atoms with Crippen molar-refractivity contribution in [2.24, 2.45) is 13.0 Å². The number of nitriles is 1. The van der Waals surface area contributed by atoms with Gasteiger partial charge in [0, 0.05) is 32.9 Å². The lowest BCUT2D eigenvalue weighted by Crippen LogP contribution is -2.45. The number of rotatable bonds is 5. The van der Waals surface area contributed by atoms with Crippen molar-refractivity contribution < 1.29 is 14.3 Å². The molecule has 6 heteroatoms. The van der Waals surface area contributed by atoms with Crippen LogP contribution < -0.4 is 0 Å². The summed E-state index contributed by atoms with van der Waals surface area (Å²) in [7, 11) is 1.72. The van der Waals surface area contributed by atoms with Crippen molar-refractivity contribution >= 4 is 5.97 Å². The van der Waals surface area contributed by atoms with E-state index in [0.29, 0.717) is 23.8 Å². The lowest BCUT2D eigenvalue weighted by Gasteiger charge is -2.33. The molecule has 2 rings (SSSR count). The maximum atomic E-state index is 12.1. The summed E-state index contributed by atoms with van der Waals surface area (Å²) in [6.45, 7) is 8.00. The third kappa shape index (κ3) is 4.33. The number of hydrogen-bond acceptors (Lipinski definition) is 5. The molecular formula is C16H23N3O3. The summed E-state index contributed by atoms with van der Waals surface area (Å²) in [6.07, 6.45) is 1.52. The third-order valence-corrected chi connectivity index (χ3v) is 3.59. The molecule has 6 nitrogen and oxygen atoms in total. The molecule has 0 spiro atoms. The molecule has 0 N–H and O–H groups in total. The standard InChI is InChI=1S/C16H23N3O3/c1-12(2)8-19-4-5-21-14(10-19)11-22-16(20)15-6-13(7-17)9-18(15)3/h6,9,12,14H,4-5,8,10-11H2,1-3H3. The Hall–Kier alpha value is -1.84. The van der Waals surface area contributed by atoms with Crippen molar-refractivity contribution in [2.75, 3.05) is 32.8 Å². The maximum absolute atomic E-state index is 12.1. The molecule has 0 bridgehead atoms. The van der Waals surface area contributed by atoms with Gasteiger partial charge in [-0.1, -0.05) is 13.8 Å². The monoisotopic (exact) mass is 305 g/mol. The molecule has 1 unspecified atom stereocenters. The van der Waals surface area contributed by atoms with E-state index >= 15 is 0 Å². The number of morpholine rings is 1. The maximum Gasteiger partial charge on any atom is 0.355 e. The third-order valence-electron chi connectivity index (χ3n) is 3.59. The van der Waals surface area contributed by atoms with Crippen LogP contribution in [0, 0.1) is 17.2 Å². The molecule has 1 atom stereocenters. The molecular weight excluding hydrogens is 282 g/mol. The van der Waals surface area contributed by atoms with Crippen LogP contribution in [-0.2, 0) is 16.5 Å². The molecule has 0 aromatic carbocycles. The second-order valence-corrected chi connectivity index (χ2v) is 6.08. The quantitative estimate of drug-likeness (QED) is 0.769. The Bertz CT molecular complexity index is 559. The van der Waals surface area contributed by atoms with Gasteiger partial charge in [0.15, 0.2) is 0 Å². The van der Waals surface area contributed by atoms with Crippen LogP contribution in [0.5, 0.6) is 0 Å². The number of nitrogens with zero attached hydrogens (tertiary/aromatic N) is 3. The molecule has 1 aromatic rings. The van der Waals surface area contributed by atoms with E-state index in [-0.39, 0.29) is 12.7 Å². The Morgan fingerprint density at radius 1 is 1.59 bits per heavy atom. The van der Waals surface area contributed by atoms with Crippen molar-refractivity contribution in [1.29, 1.82) is 5.26 Å². The SMILES string of the molecule is CC(C)CN1CCOC(COC(=O)c2cc(C#N)cn2C)C1. The van der Waals surface area contributed by atoms with E-state index in [0.717, 1.165) is 19.6 Å². The van der Waals surface area contributed by atoms with Crippen LogP contribution in [0.4, 0.5) is 0 Å². The van der Waals surface area contributed by atoms with Gasteiger partial charge in [-0.3, -0.25) is 4.90 Å². The molecule has 1 aliphatic heterocycles. The Morgan fingerprint density at radius 3 is 3.00 bits per heavy atom.